The van der Waals surface area contributed by atoms with Gasteiger partial charge in [-0.1, -0.05) is 78.6 Å². The Labute approximate surface area is 103 Å². The zero-order chi connectivity index (χ0) is 12.2. The van der Waals surface area contributed by atoms with Gasteiger partial charge >= 0.3 is 0 Å². The second kappa shape index (κ2) is 11.4. The van der Waals surface area contributed by atoms with Gasteiger partial charge < -0.3 is 5.11 Å². The molecule has 1 atom stereocenters. The summed E-state index contributed by atoms with van der Waals surface area (Å²) in [6.45, 7) is 6.62. The molecule has 0 saturated carbocycles. The van der Waals surface area contributed by atoms with E-state index in [4.69, 9.17) is 0 Å². The molecule has 0 saturated heterocycles. The molecule has 1 unspecified atom stereocenters. The highest BCUT2D eigenvalue weighted by Crippen LogP contribution is 2.18. The van der Waals surface area contributed by atoms with Crippen LogP contribution < -0.4 is 0 Å². The fourth-order valence-corrected chi connectivity index (χ4v) is 2.38. The van der Waals surface area contributed by atoms with Gasteiger partial charge in [-0.3, -0.25) is 0 Å². The molecule has 0 aliphatic heterocycles. The van der Waals surface area contributed by atoms with Crippen LogP contribution in [0.4, 0.5) is 0 Å². The number of hydrogen-bond acceptors (Lipinski definition) is 1. The summed E-state index contributed by atoms with van der Waals surface area (Å²) in [5.74, 6) is 0.528. The number of rotatable bonds is 11. The number of aliphatic hydroxyl groups is 1. The lowest BCUT2D eigenvalue weighted by atomic mass is 9.92. The zero-order valence-corrected chi connectivity index (χ0v) is 11.7. The average molecular weight is 228 g/mol. The molecule has 0 aliphatic carbocycles. The summed E-state index contributed by atoms with van der Waals surface area (Å²) in [5, 5.41) is 9.95. The second-order valence-corrected chi connectivity index (χ2v) is 5.05. The third-order valence-electron chi connectivity index (χ3n) is 3.70. The minimum Gasteiger partial charge on any atom is -0.393 e. The molecule has 0 amide bonds. The van der Waals surface area contributed by atoms with Crippen LogP contribution >= 0.6 is 0 Å². The van der Waals surface area contributed by atoms with E-state index in [0.29, 0.717) is 5.92 Å². The molecule has 0 spiro atoms. The van der Waals surface area contributed by atoms with Gasteiger partial charge in [0.15, 0.2) is 0 Å². The van der Waals surface area contributed by atoms with E-state index < -0.39 is 0 Å². The topological polar surface area (TPSA) is 20.2 Å². The van der Waals surface area contributed by atoms with E-state index in [-0.39, 0.29) is 6.10 Å². The fourth-order valence-electron chi connectivity index (χ4n) is 2.38. The van der Waals surface area contributed by atoms with E-state index in [1.165, 1.54) is 44.9 Å². The Hall–Kier alpha value is -0.0400. The number of hydrogen-bond donors (Lipinski definition) is 1. The van der Waals surface area contributed by atoms with Gasteiger partial charge in [-0.2, -0.15) is 0 Å². The van der Waals surface area contributed by atoms with Gasteiger partial charge in [-0.25, -0.2) is 0 Å². The maximum Gasteiger partial charge on any atom is 0.0568 e. The molecular weight excluding hydrogens is 196 g/mol. The van der Waals surface area contributed by atoms with Crippen molar-refractivity contribution in [3.8, 4) is 0 Å². The lowest BCUT2D eigenvalue weighted by molar-refractivity contribution is 0.0914. The van der Waals surface area contributed by atoms with Crippen LogP contribution in [0.3, 0.4) is 0 Å². The SMILES string of the molecule is CCCCCCCCCC(O)C(CC)CC. The summed E-state index contributed by atoms with van der Waals surface area (Å²) in [6, 6.07) is 0. The van der Waals surface area contributed by atoms with E-state index in [0.717, 1.165) is 19.3 Å². The molecule has 0 fully saturated rings. The summed E-state index contributed by atoms with van der Waals surface area (Å²) in [7, 11) is 0. The highest BCUT2D eigenvalue weighted by Gasteiger charge is 2.14. The quantitative estimate of drug-likeness (QED) is 0.497. The molecule has 0 radical (unpaired) electrons. The van der Waals surface area contributed by atoms with Crippen molar-refractivity contribution in [1.82, 2.24) is 0 Å². The van der Waals surface area contributed by atoms with Gasteiger partial charge in [-0.15, -0.1) is 0 Å². The minimum atomic E-state index is -0.0503. The summed E-state index contributed by atoms with van der Waals surface area (Å²) >= 11 is 0. The van der Waals surface area contributed by atoms with Gasteiger partial charge in [0.05, 0.1) is 6.10 Å². The summed E-state index contributed by atoms with van der Waals surface area (Å²) in [5.41, 5.74) is 0. The molecule has 16 heavy (non-hydrogen) atoms. The summed E-state index contributed by atoms with van der Waals surface area (Å²) < 4.78 is 0. The van der Waals surface area contributed by atoms with E-state index in [2.05, 4.69) is 20.8 Å². The van der Waals surface area contributed by atoms with Crippen LogP contribution in [0.15, 0.2) is 0 Å². The zero-order valence-electron chi connectivity index (χ0n) is 11.7. The van der Waals surface area contributed by atoms with Crippen molar-refractivity contribution < 1.29 is 5.11 Å². The molecular formula is C15H32O. The molecule has 0 aromatic rings. The van der Waals surface area contributed by atoms with Crippen molar-refractivity contribution in [2.75, 3.05) is 0 Å². The Balaban J connectivity index is 3.30. The number of aliphatic hydroxyl groups excluding tert-OH is 1. The van der Waals surface area contributed by atoms with Gasteiger partial charge in [0, 0.05) is 0 Å². The van der Waals surface area contributed by atoms with Gasteiger partial charge in [0.25, 0.3) is 0 Å². The first-order valence-corrected chi connectivity index (χ1v) is 7.44. The van der Waals surface area contributed by atoms with E-state index in [9.17, 15) is 5.11 Å². The summed E-state index contributed by atoms with van der Waals surface area (Å²) in [4.78, 5) is 0. The molecule has 0 rings (SSSR count). The maximum absolute atomic E-state index is 9.95. The van der Waals surface area contributed by atoms with Crippen molar-refractivity contribution in [1.29, 1.82) is 0 Å². The lowest BCUT2D eigenvalue weighted by Crippen LogP contribution is -2.18. The number of unbranched alkanes of at least 4 members (excludes halogenated alkanes) is 6. The molecule has 0 bridgehead atoms. The Morgan fingerprint density at radius 2 is 1.25 bits per heavy atom. The van der Waals surface area contributed by atoms with Gasteiger partial charge in [-0.05, 0) is 12.3 Å². The van der Waals surface area contributed by atoms with Crippen LogP contribution in [-0.4, -0.2) is 11.2 Å². The van der Waals surface area contributed by atoms with E-state index in [1.807, 2.05) is 0 Å². The van der Waals surface area contributed by atoms with Crippen LogP contribution in [0.1, 0.15) is 85.0 Å². The minimum absolute atomic E-state index is 0.0503. The normalized spacial score (nSPS) is 13.3. The predicted octanol–water partition coefficient (Wildman–Crippen LogP) is 4.92. The first kappa shape index (κ1) is 16.0. The van der Waals surface area contributed by atoms with Crippen LogP contribution in [0, 0.1) is 5.92 Å². The Kier molecular flexibility index (Phi) is 11.4. The Morgan fingerprint density at radius 1 is 0.750 bits per heavy atom. The molecule has 0 aromatic carbocycles. The summed E-state index contributed by atoms with van der Waals surface area (Å²) in [6.07, 6.45) is 12.6. The Bertz CT molecular complexity index is 129. The standard InChI is InChI=1S/C15H32O/c1-4-7-8-9-10-11-12-13-15(16)14(5-2)6-3/h14-16H,4-13H2,1-3H3. The first-order chi connectivity index (χ1) is 7.76. The van der Waals surface area contributed by atoms with Gasteiger partial charge in [0.2, 0.25) is 0 Å². The first-order valence-electron chi connectivity index (χ1n) is 7.44. The molecule has 1 heteroatoms. The highest BCUT2D eigenvalue weighted by molar-refractivity contribution is 4.66. The van der Waals surface area contributed by atoms with Crippen LogP contribution in [0.25, 0.3) is 0 Å². The van der Waals surface area contributed by atoms with Crippen LogP contribution in [0.5, 0.6) is 0 Å². The smallest absolute Gasteiger partial charge is 0.0568 e. The maximum atomic E-state index is 9.95. The van der Waals surface area contributed by atoms with Crippen molar-refractivity contribution >= 4 is 0 Å². The van der Waals surface area contributed by atoms with E-state index >= 15 is 0 Å². The molecule has 98 valence electrons. The second-order valence-electron chi connectivity index (χ2n) is 5.05. The molecule has 1 N–H and O–H groups in total. The molecule has 0 heterocycles. The van der Waals surface area contributed by atoms with Crippen LogP contribution in [0.2, 0.25) is 0 Å². The third-order valence-corrected chi connectivity index (χ3v) is 3.70. The molecule has 0 aliphatic rings. The van der Waals surface area contributed by atoms with Crippen molar-refractivity contribution in [2.24, 2.45) is 5.92 Å². The van der Waals surface area contributed by atoms with Crippen molar-refractivity contribution in [3.63, 3.8) is 0 Å². The van der Waals surface area contributed by atoms with E-state index in [1.54, 1.807) is 0 Å². The third kappa shape index (κ3) is 8.15. The van der Waals surface area contributed by atoms with Crippen molar-refractivity contribution in [2.45, 2.75) is 91.1 Å². The largest absolute Gasteiger partial charge is 0.393 e. The van der Waals surface area contributed by atoms with Crippen LogP contribution in [-0.2, 0) is 0 Å². The fraction of sp³-hybridized carbons (Fsp3) is 1.00. The molecule has 1 nitrogen and oxygen atoms in total. The monoisotopic (exact) mass is 228 g/mol. The van der Waals surface area contributed by atoms with Gasteiger partial charge in [0.1, 0.15) is 0 Å². The average Bonchev–Trinajstić information content (AvgIpc) is 2.29. The highest BCUT2D eigenvalue weighted by atomic mass is 16.3. The lowest BCUT2D eigenvalue weighted by Gasteiger charge is -2.19. The Morgan fingerprint density at radius 3 is 1.75 bits per heavy atom. The molecule has 0 aromatic heterocycles. The predicted molar refractivity (Wildman–Crippen MR) is 72.7 cm³/mol. The van der Waals surface area contributed by atoms with Crippen molar-refractivity contribution in [3.05, 3.63) is 0 Å².